The summed E-state index contributed by atoms with van der Waals surface area (Å²) < 4.78 is 0. The predicted molar refractivity (Wildman–Crippen MR) is 115 cm³/mol. The van der Waals surface area contributed by atoms with E-state index in [2.05, 4.69) is 39.9 Å². The summed E-state index contributed by atoms with van der Waals surface area (Å²) in [5, 5.41) is 6.43. The zero-order valence-electron chi connectivity index (χ0n) is 16.3. The van der Waals surface area contributed by atoms with Crippen molar-refractivity contribution >= 4 is 28.8 Å². The minimum atomic E-state index is -0.196. The van der Waals surface area contributed by atoms with Crippen LogP contribution in [0.3, 0.4) is 0 Å². The van der Waals surface area contributed by atoms with Gasteiger partial charge < -0.3 is 5.32 Å². The van der Waals surface area contributed by atoms with Crippen LogP contribution >= 0.6 is 22.9 Å². The van der Waals surface area contributed by atoms with Crippen molar-refractivity contribution in [3.8, 4) is 11.3 Å². The monoisotopic (exact) mass is 414 g/mol. The third kappa shape index (κ3) is 3.39. The van der Waals surface area contributed by atoms with Crippen LogP contribution in [0.15, 0.2) is 29.6 Å². The van der Waals surface area contributed by atoms with Crippen LogP contribution in [0.4, 0.5) is 0 Å². The molecule has 4 aliphatic carbocycles. The number of hydrogen-bond acceptors (Lipinski definition) is 3. The van der Waals surface area contributed by atoms with E-state index < -0.39 is 0 Å². The number of aryl methyl sites for hydroxylation is 1. The highest BCUT2D eigenvalue weighted by Gasteiger charge is 2.59. The van der Waals surface area contributed by atoms with Crippen LogP contribution in [0.5, 0.6) is 0 Å². The van der Waals surface area contributed by atoms with Crippen molar-refractivity contribution in [3.05, 3.63) is 40.2 Å². The number of aromatic nitrogens is 1. The number of carbonyl (C=O) groups is 1. The summed E-state index contributed by atoms with van der Waals surface area (Å²) in [6, 6.07) is 8.55. The van der Waals surface area contributed by atoms with E-state index in [1.807, 2.05) is 6.92 Å². The molecule has 4 bridgehead atoms. The summed E-state index contributed by atoms with van der Waals surface area (Å²) in [5.41, 5.74) is 3.24. The maximum atomic E-state index is 13.1. The van der Waals surface area contributed by atoms with Crippen molar-refractivity contribution < 1.29 is 4.79 Å². The first-order valence-corrected chi connectivity index (χ1v) is 11.7. The van der Waals surface area contributed by atoms with Crippen LogP contribution in [0.25, 0.3) is 11.3 Å². The molecule has 1 aromatic carbocycles. The lowest BCUT2D eigenvalue weighted by atomic mass is 9.49. The number of rotatable bonds is 5. The van der Waals surface area contributed by atoms with E-state index in [-0.39, 0.29) is 16.2 Å². The van der Waals surface area contributed by atoms with Crippen LogP contribution in [0.2, 0.25) is 0 Å². The van der Waals surface area contributed by atoms with E-state index in [4.69, 9.17) is 11.6 Å². The fourth-order valence-electron chi connectivity index (χ4n) is 6.26. The van der Waals surface area contributed by atoms with E-state index >= 15 is 0 Å². The molecule has 0 unspecified atom stereocenters. The van der Waals surface area contributed by atoms with Gasteiger partial charge in [-0.1, -0.05) is 24.3 Å². The minimum absolute atomic E-state index is 0.106. The Kier molecular flexibility index (Phi) is 4.55. The first-order valence-electron chi connectivity index (χ1n) is 10.4. The van der Waals surface area contributed by atoms with Crippen molar-refractivity contribution in [1.29, 1.82) is 0 Å². The Bertz CT molecular complexity index is 876. The van der Waals surface area contributed by atoms with Crippen molar-refractivity contribution in [2.75, 3.05) is 6.54 Å². The first-order chi connectivity index (χ1) is 13.4. The molecule has 2 aromatic rings. The molecule has 4 aliphatic rings. The van der Waals surface area contributed by atoms with Crippen molar-refractivity contribution in [1.82, 2.24) is 10.3 Å². The number of nitrogens with one attached hydrogen (secondary N) is 1. The Morgan fingerprint density at radius 2 is 1.93 bits per heavy atom. The van der Waals surface area contributed by atoms with Crippen LogP contribution in [-0.4, -0.2) is 22.3 Å². The van der Waals surface area contributed by atoms with Gasteiger partial charge in [-0.05, 0) is 69.3 Å². The quantitative estimate of drug-likeness (QED) is 0.669. The molecule has 1 N–H and O–H groups in total. The van der Waals surface area contributed by atoms with E-state index in [1.54, 1.807) is 11.3 Å². The maximum absolute atomic E-state index is 13.1. The lowest BCUT2D eigenvalue weighted by Gasteiger charge is -2.59. The molecule has 4 saturated carbocycles. The van der Waals surface area contributed by atoms with Crippen LogP contribution in [0, 0.1) is 24.2 Å². The molecule has 1 heterocycles. The molecule has 28 heavy (non-hydrogen) atoms. The summed E-state index contributed by atoms with van der Waals surface area (Å²) in [5.74, 6) is 1.57. The van der Waals surface area contributed by atoms with Gasteiger partial charge in [0.2, 0.25) is 5.91 Å². The number of hydrogen-bond donors (Lipinski definition) is 1. The van der Waals surface area contributed by atoms with Crippen molar-refractivity contribution in [2.45, 2.75) is 56.7 Å². The highest BCUT2D eigenvalue weighted by atomic mass is 35.5. The van der Waals surface area contributed by atoms with Crippen LogP contribution in [0.1, 0.15) is 49.1 Å². The van der Waals surface area contributed by atoms with E-state index in [1.165, 1.54) is 12.0 Å². The summed E-state index contributed by atoms with van der Waals surface area (Å²) in [4.78, 5) is 17.5. The fraction of sp³-hybridized carbons (Fsp3) is 0.565. The van der Waals surface area contributed by atoms with E-state index in [0.29, 0.717) is 18.4 Å². The van der Waals surface area contributed by atoms with E-state index in [9.17, 15) is 4.79 Å². The second-order valence-electron chi connectivity index (χ2n) is 9.35. The van der Waals surface area contributed by atoms with E-state index in [0.717, 1.165) is 54.8 Å². The maximum Gasteiger partial charge on any atom is 0.226 e. The van der Waals surface area contributed by atoms with Gasteiger partial charge in [-0.2, -0.15) is 0 Å². The summed E-state index contributed by atoms with van der Waals surface area (Å²) >= 11 is 8.55. The number of benzene rings is 1. The molecule has 4 fully saturated rings. The minimum Gasteiger partial charge on any atom is -0.355 e. The molecule has 1 aromatic heterocycles. The smallest absolute Gasteiger partial charge is 0.226 e. The average Bonchev–Trinajstić information content (AvgIpc) is 3.06. The topological polar surface area (TPSA) is 42.0 Å². The first kappa shape index (κ1) is 18.6. The van der Waals surface area contributed by atoms with Crippen LogP contribution in [-0.2, 0) is 11.2 Å². The van der Waals surface area contributed by atoms with Gasteiger partial charge in [-0.3, -0.25) is 4.79 Å². The molecule has 0 saturated heterocycles. The van der Waals surface area contributed by atoms with Crippen molar-refractivity contribution in [2.24, 2.45) is 17.3 Å². The number of amides is 1. The van der Waals surface area contributed by atoms with Gasteiger partial charge in [-0.25, -0.2) is 4.98 Å². The highest BCUT2D eigenvalue weighted by Crippen LogP contribution is 2.63. The Balaban J connectivity index is 1.19. The molecule has 3 nitrogen and oxygen atoms in total. The molecular weight excluding hydrogens is 388 g/mol. The zero-order valence-corrected chi connectivity index (χ0v) is 17.9. The largest absolute Gasteiger partial charge is 0.355 e. The Labute approximate surface area is 175 Å². The molecule has 0 radical (unpaired) electrons. The predicted octanol–water partition coefficient (Wildman–Crippen LogP) is 5.36. The fourth-order valence-corrected chi connectivity index (χ4v) is 7.58. The lowest BCUT2D eigenvalue weighted by molar-refractivity contribution is -0.144. The molecule has 1 amide bonds. The summed E-state index contributed by atoms with van der Waals surface area (Å²) in [6.07, 6.45) is 7.35. The molecule has 5 heteroatoms. The Morgan fingerprint density at radius 3 is 2.54 bits per heavy atom. The molecule has 6 rings (SSSR count). The Morgan fingerprint density at radius 1 is 1.21 bits per heavy atom. The van der Waals surface area contributed by atoms with Gasteiger partial charge in [0.1, 0.15) is 0 Å². The van der Waals surface area contributed by atoms with Crippen LogP contribution < -0.4 is 5.32 Å². The summed E-state index contributed by atoms with van der Waals surface area (Å²) in [7, 11) is 0. The lowest BCUT2D eigenvalue weighted by Crippen LogP contribution is -2.58. The second kappa shape index (κ2) is 6.84. The van der Waals surface area contributed by atoms with Gasteiger partial charge in [0, 0.05) is 22.4 Å². The number of thiazole rings is 1. The van der Waals surface area contributed by atoms with Crippen molar-refractivity contribution in [3.63, 3.8) is 0 Å². The standard InChI is InChI=1S/C23H27ClN2OS/c1-15-26-20(13-28-15)19-4-2-16(3-5-19)6-7-25-21(27)22-9-17-8-18(10-22)12-23(24,11-17)14-22/h2-5,13,17-18H,6-12,14H2,1H3,(H,25,27)/t17-,18-,22?,23?/m1/s1. The van der Waals surface area contributed by atoms with Gasteiger partial charge in [-0.15, -0.1) is 22.9 Å². The third-order valence-electron chi connectivity index (χ3n) is 7.04. The zero-order chi connectivity index (χ0) is 19.4. The normalized spacial score (nSPS) is 33.2. The number of alkyl halides is 1. The second-order valence-corrected chi connectivity index (χ2v) is 11.2. The summed E-state index contributed by atoms with van der Waals surface area (Å²) in [6.45, 7) is 2.72. The number of nitrogens with zero attached hydrogens (tertiary/aromatic N) is 1. The Hall–Kier alpha value is -1.39. The third-order valence-corrected chi connectivity index (χ3v) is 8.26. The molecule has 2 atom stereocenters. The molecule has 148 valence electrons. The SMILES string of the molecule is Cc1nc(-c2ccc(CCNC(=O)C34C[C@H]5C[C@@H](CC(Cl)(C5)C3)C4)cc2)cs1. The van der Waals surface area contributed by atoms with Gasteiger partial charge in [0.25, 0.3) is 0 Å². The number of halogens is 1. The van der Waals surface area contributed by atoms with Gasteiger partial charge >= 0.3 is 0 Å². The molecule has 0 spiro atoms. The molecule has 0 aliphatic heterocycles. The van der Waals surface area contributed by atoms with Gasteiger partial charge in [0.15, 0.2) is 0 Å². The molecular formula is C23H27ClN2OS. The number of carbonyl (C=O) groups excluding carboxylic acids is 1. The average molecular weight is 415 g/mol. The highest BCUT2D eigenvalue weighted by molar-refractivity contribution is 7.09. The van der Waals surface area contributed by atoms with Gasteiger partial charge in [0.05, 0.1) is 16.1 Å².